The molecule has 0 bridgehead atoms. The first kappa shape index (κ1) is 9.92. The number of hydrogen-bond donors (Lipinski definition) is 1. The minimum Gasteiger partial charge on any atom is -0.386 e. The first-order chi connectivity index (χ1) is 7.24. The maximum absolute atomic E-state index is 11.9. The van der Waals surface area contributed by atoms with Crippen molar-refractivity contribution in [3.8, 4) is 10.4 Å². The zero-order valence-electron chi connectivity index (χ0n) is 8.52. The molecule has 0 amide bonds. The molecule has 1 N–H and O–H groups in total. The van der Waals surface area contributed by atoms with E-state index in [2.05, 4.69) is 10.4 Å². The minimum absolute atomic E-state index is 0.0794. The fourth-order valence-electron chi connectivity index (χ4n) is 1.39. The maximum Gasteiger partial charge on any atom is 0.277 e. The van der Waals surface area contributed by atoms with Gasteiger partial charge in [-0.25, -0.2) is 4.68 Å². The molecule has 2 rings (SSSR count). The van der Waals surface area contributed by atoms with Gasteiger partial charge in [0.05, 0.1) is 17.4 Å². The largest absolute Gasteiger partial charge is 0.386 e. The van der Waals surface area contributed by atoms with Gasteiger partial charge < -0.3 is 5.32 Å². The number of rotatable bonds is 2. The van der Waals surface area contributed by atoms with Crippen LogP contribution in [0.5, 0.6) is 0 Å². The van der Waals surface area contributed by atoms with Crippen molar-refractivity contribution in [1.29, 1.82) is 0 Å². The fraction of sp³-hybridized carbons (Fsp3) is 0.200. The van der Waals surface area contributed by atoms with Gasteiger partial charge in [-0.1, -0.05) is 6.07 Å². The van der Waals surface area contributed by atoms with Crippen molar-refractivity contribution in [2.45, 2.75) is 0 Å². The van der Waals surface area contributed by atoms with Crippen LogP contribution in [0.25, 0.3) is 10.4 Å². The Labute approximate surface area is 91.2 Å². The van der Waals surface area contributed by atoms with E-state index >= 15 is 0 Å². The SMILES string of the molecule is CNc1cnn(C)c(=O)c1-c1cccs1. The molecular weight excluding hydrogens is 210 g/mol. The predicted molar refractivity (Wildman–Crippen MR) is 62.3 cm³/mol. The van der Waals surface area contributed by atoms with Gasteiger partial charge in [0.15, 0.2) is 0 Å². The average molecular weight is 221 g/mol. The highest BCUT2D eigenvalue weighted by Crippen LogP contribution is 2.27. The highest BCUT2D eigenvalue weighted by Gasteiger charge is 2.11. The number of nitrogens with zero attached hydrogens (tertiary/aromatic N) is 2. The monoisotopic (exact) mass is 221 g/mol. The lowest BCUT2D eigenvalue weighted by atomic mass is 10.2. The van der Waals surface area contributed by atoms with E-state index in [-0.39, 0.29) is 5.56 Å². The number of aromatic nitrogens is 2. The van der Waals surface area contributed by atoms with Crippen LogP contribution in [-0.2, 0) is 7.05 Å². The third-order valence-corrected chi connectivity index (χ3v) is 3.06. The van der Waals surface area contributed by atoms with E-state index < -0.39 is 0 Å². The Bertz CT molecular complexity index is 516. The van der Waals surface area contributed by atoms with Gasteiger partial charge in [-0.05, 0) is 11.4 Å². The van der Waals surface area contributed by atoms with Crippen molar-refractivity contribution in [2.75, 3.05) is 12.4 Å². The molecule has 0 aromatic carbocycles. The van der Waals surface area contributed by atoms with Crippen LogP contribution in [0, 0.1) is 0 Å². The third kappa shape index (κ3) is 1.66. The Morgan fingerprint density at radius 1 is 1.53 bits per heavy atom. The summed E-state index contributed by atoms with van der Waals surface area (Å²) in [5.41, 5.74) is 1.37. The van der Waals surface area contributed by atoms with E-state index in [1.165, 1.54) is 4.68 Å². The molecule has 0 saturated heterocycles. The molecule has 78 valence electrons. The van der Waals surface area contributed by atoms with Crippen LogP contribution >= 0.6 is 11.3 Å². The van der Waals surface area contributed by atoms with Gasteiger partial charge in [-0.3, -0.25) is 4.79 Å². The maximum atomic E-state index is 11.9. The van der Waals surface area contributed by atoms with Gasteiger partial charge in [-0.2, -0.15) is 5.10 Å². The average Bonchev–Trinajstić information content (AvgIpc) is 2.75. The van der Waals surface area contributed by atoms with Gasteiger partial charge in [0.1, 0.15) is 0 Å². The summed E-state index contributed by atoms with van der Waals surface area (Å²) < 4.78 is 1.34. The van der Waals surface area contributed by atoms with Crippen LogP contribution in [0.2, 0.25) is 0 Å². The molecule has 4 nitrogen and oxygen atoms in total. The molecule has 0 fully saturated rings. The standard InChI is InChI=1S/C10H11N3OS/c1-11-7-6-12-13(2)10(14)9(7)8-4-3-5-15-8/h3-6,11H,1-2H3. The van der Waals surface area contributed by atoms with Gasteiger partial charge in [0, 0.05) is 19.0 Å². The molecule has 0 aliphatic heterocycles. The second kappa shape index (κ2) is 3.86. The Hall–Kier alpha value is -1.62. The Morgan fingerprint density at radius 2 is 2.33 bits per heavy atom. The highest BCUT2D eigenvalue weighted by atomic mass is 32.1. The number of thiophene rings is 1. The van der Waals surface area contributed by atoms with Gasteiger partial charge >= 0.3 is 0 Å². The zero-order chi connectivity index (χ0) is 10.8. The van der Waals surface area contributed by atoms with Crippen LogP contribution in [0.15, 0.2) is 28.5 Å². The van der Waals surface area contributed by atoms with Crippen molar-refractivity contribution in [3.05, 3.63) is 34.1 Å². The topological polar surface area (TPSA) is 46.9 Å². The molecule has 0 saturated carbocycles. The molecular formula is C10H11N3OS. The lowest BCUT2D eigenvalue weighted by Crippen LogP contribution is -2.21. The Kier molecular flexibility index (Phi) is 2.55. The molecule has 0 spiro atoms. The summed E-state index contributed by atoms with van der Waals surface area (Å²) in [5, 5.41) is 8.90. The van der Waals surface area contributed by atoms with E-state index in [0.29, 0.717) is 5.56 Å². The van der Waals surface area contributed by atoms with Gasteiger partial charge in [0.2, 0.25) is 0 Å². The van der Waals surface area contributed by atoms with Crippen LogP contribution < -0.4 is 10.9 Å². The third-order valence-electron chi connectivity index (χ3n) is 2.17. The lowest BCUT2D eigenvalue weighted by molar-refractivity contribution is 0.711. The van der Waals surface area contributed by atoms with Gasteiger partial charge in [-0.15, -0.1) is 11.3 Å². The van der Waals surface area contributed by atoms with E-state index in [9.17, 15) is 4.79 Å². The molecule has 0 radical (unpaired) electrons. The first-order valence-electron chi connectivity index (χ1n) is 4.52. The molecule has 2 aromatic heterocycles. The highest BCUT2D eigenvalue weighted by molar-refractivity contribution is 7.13. The number of hydrogen-bond acceptors (Lipinski definition) is 4. The molecule has 0 aliphatic rings. The number of aryl methyl sites for hydroxylation is 1. The van der Waals surface area contributed by atoms with E-state index in [0.717, 1.165) is 10.6 Å². The van der Waals surface area contributed by atoms with Crippen LogP contribution in [-0.4, -0.2) is 16.8 Å². The summed E-state index contributed by atoms with van der Waals surface area (Å²) in [7, 11) is 3.44. The number of nitrogens with one attached hydrogen (secondary N) is 1. The second-order valence-electron chi connectivity index (χ2n) is 3.09. The Morgan fingerprint density at radius 3 is 2.93 bits per heavy atom. The molecule has 0 unspecified atom stereocenters. The fourth-order valence-corrected chi connectivity index (χ4v) is 2.16. The van der Waals surface area contributed by atoms with Crippen molar-refractivity contribution in [3.63, 3.8) is 0 Å². The summed E-state index contributed by atoms with van der Waals surface area (Å²) in [6.07, 6.45) is 1.66. The summed E-state index contributed by atoms with van der Waals surface area (Å²) >= 11 is 1.55. The Balaban J connectivity index is 2.73. The summed E-state index contributed by atoms with van der Waals surface area (Å²) in [4.78, 5) is 12.9. The smallest absolute Gasteiger partial charge is 0.277 e. The lowest BCUT2D eigenvalue weighted by Gasteiger charge is -2.07. The minimum atomic E-state index is -0.0794. The summed E-state index contributed by atoms with van der Waals surface area (Å²) in [6, 6.07) is 3.86. The normalized spacial score (nSPS) is 10.3. The summed E-state index contributed by atoms with van der Waals surface area (Å²) in [5.74, 6) is 0. The van der Waals surface area contributed by atoms with E-state index in [1.807, 2.05) is 17.5 Å². The molecule has 0 atom stereocenters. The van der Waals surface area contributed by atoms with Crippen molar-refractivity contribution in [1.82, 2.24) is 9.78 Å². The van der Waals surface area contributed by atoms with Crippen molar-refractivity contribution in [2.24, 2.45) is 7.05 Å². The van der Waals surface area contributed by atoms with Crippen LogP contribution in [0.1, 0.15) is 0 Å². The van der Waals surface area contributed by atoms with Crippen LogP contribution in [0.4, 0.5) is 5.69 Å². The molecule has 15 heavy (non-hydrogen) atoms. The zero-order valence-corrected chi connectivity index (χ0v) is 9.34. The predicted octanol–water partition coefficient (Wildman–Crippen LogP) is 1.55. The first-order valence-corrected chi connectivity index (χ1v) is 5.40. The summed E-state index contributed by atoms with van der Waals surface area (Å²) in [6.45, 7) is 0. The van der Waals surface area contributed by atoms with Crippen molar-refractivity contribution < 1.29 is 0 Å². The van der Waals surface area contributed by atoms with E-state index in [4.69, 9.17) is 0 Å². The molecule has 0 aliphatic carbocycles. The van der Waals surface area contributed by atoms with E-state index in [1.54, 1.807) is 31.6 Å². The quantitative estimate of drug-likeness (QED) is 0.837. The molecule has 2 heterocycles. The van der Waals surface area contributed by atoms with Gasteiger partial charge in [0.25, 0.3) is 5.56 Å². The number of anilines is 1. The molecule has 5 heteroatoms. The second-order valence-corrected chi connectivity index (χ2v) is 4.04. The molecule has 2 aromatic rings. The van der Waals surface area contributed by atoms with Crippen LogP contribution in [0.3, 0.4) is 0 Å². The van der Waals surface area contributed by atoms with Crippen molar-refractivity contribution >= 4 is 17.0 Å².